The number of para-hydroxylation sites is 1. The second-order valence-electron chi connectivity index (χ2n) is 8.55. The summed E-state index contributed by atoms with van der Waals surface area (Å²) in [5.74, 6) is 2.20. The number of ether oxygens (including phenoxy) is 2. The van der Waals surface area contributed by atoms with Gasteiger partial charge in [0.05, 0.1) is 12.4 Å². The fourth-order valence-corrected chi connectivity index (χ4v) is 5.01. The van der Waals surface area contributed by atoms with E-state index in [4.69, 9.17) is 9.47 Å². The minimum Gasteiger partial charge on any atom is -0.497 e. The van der Waals surface area contributed by atoms with Crippen LogP contribution >= 0.6 is 11.8 Å². The second kappa shape index (κ2) is 11.4. The Morgan fingerprint density at radius 2 is 1.68 bits per heavy atom. The van der Waals surface area contributed by atoms with Crippen LogP contribution in [-0.4, -0.2) is 39.1 Å². The maximum atomic E-state index is 12.9. The van der Waals surface area contributed by atoms with Gasteiger partial charge in [-0.25, -0.2) is 0 Å². The Morgan fingerprint density at radius 1 is 1.00 bits per heavy atom. The zero-order valence-electron chi connectivity index (χ0n) is 19.9. The van der Waals surface area contributed by atoms with E-state index in [1.165, 1.54) is 31.0 Å². The number of hydrogen-bond donors (Lipinski definition) is 1. The van der Waals surface area contributed by atoms with Crippen LogP contribution in [0.5, 0.6) is 11.5 Å². The molecule has 7 nitrogen and oxygen atoms in total. The lowest BCUT2D eigenvalue weighted by atomic mass is 9.95. The molecule has 8 heteroatoms. The summed E-state index contributed by atoms with van der Waals surface area (Å²) in [5.41, 5.74) is 0.926. The summed E-state index contributed by atoms with van der Waals surface area (Å²) in [6, 6.07) is 17.7. The SMILES string of the molecule is COc1ccc(OC(C)c2nnc(SC(C)C(=O)NC3CCCCC3)n2-c2ccccc2)cc1. The third-order valence-electron chi connectivity index (χ3n) is 6.01. The van der Waals surface area contributed by atoms with Crippen molar-refractivity contribution in [2.24, 2.45) is 0 Å². The number of aromatic nitrogens is 3. The topological polar surface area (TPSA) is 78.3 Å². The van der Waals surface area contributed by atoms with E-state index in [1.807, 2.05) is 73.0 Å². The van der Waals surface area contributed by atoms with E-state index in [9.17, 15) is 4.79 Å². The zero-order chi connectivity index (χ0) is 23.9. The zero-order valence-corrected chi connectivity index (χ0v) is 20.8. The number of rotatable bonds is 9. The van der Waals surface area contributed by atoms with Gasteiger partial charge in [0.15, 0.2) is 17.1 Å². The first-order chi connectivity index (χ1) is 16.5. The third-order valence-corrected chi connectivity index (χ3v) is 7.05. The number of carbonyl (C=O) groups is 1. The highest BCUT2D eigenvalue weighted by Crippen LogP contribution is 2.30. The van der Waals surface area contributed by atoms with Crippen LogP contribution in [0, 0.1) is 0 Å². The monoisotopic (exact) mass is 480 g/mol. The Hall–Kier alpha value is -3.00. The minimum atomic E-state index is -0.359. The summed E-state index contributed by atoms with van der Waals surface area (Å²) in [4.78, 5) is 12.9. The molecular weight excluding hydrogens is 448 g/mol. The number of thioether (sulfide) groups is 1. The molecule has 0 radical (unpaired) electrons. The second-order valence-corrected chi connectivity index (χ2v) is 9.86. The van der Waals surface area contributed by atoms with Gasteiger partial charge in [0.2, 0.25) is 5.91 Å². The molecule has 0 aliphatic heterocycles. The van der Waals surface area contributed by atoms with E-state index < -0.39 is 0 Å². The molecule has 0 spiro atoms. The van der Waals surface area contributed by atoms with Crippen molar-refractivity contribution in [1.29, 1.82) is 0 Å². The van der Waals surface area contributed by atoms with Crippen LogP contribution in [0.3, 0.4) is 0 Å². The van der Waals surface area contributed by atoms with Crippen molar-refractivity contribution < 1.29 is 14.3 Å². The highest BCUT2D eigenvalue weighted by Gasteiger charge is 2.26. The molecule has 1 heterocycles. The van der Waals surface area contributed by atoms with Crippen molar-refractivity contribution in [3.8, 4) is 17.2 Å². The average molecular weight is 481 g/mol. The van der Waals surface area contributed by atoms with E-state index >= 15 is 0 Å². The Kier molecular flexibility index (Phi) is 8.11. The minimum absolute atomic E-state index is 0.0450. The number of amides is 1. The predicted molar refractivity (Wildman–Crippen MR) is 134 cm³/mol. The molecule has 2 atom stereocenters. The molecule has 4 rings (SSSR count). The quantitative estimate of drug-likeness (QED) is 0.416. The molecule has 1 amide bonds. The molecule has 3 aromatic rings. The standard InChI is InChI=1S/C26H32N4O3S/c1-18(33-23-16-14-22(32-3)15-17-23)24-28-29-26(30(24)21-12-8-5-9-13-21)34-19(2)25(31)27-20-10-6-4-7-11-20/h5,8-9,12-20H,4,6-7,10-11H2,1-3H3,(H,27,31). The lowest BCUT2D eigenvalue weighted by Gasteiger charge is -2.24. The average Bonchev–Trinajstić information content (AvgIpc) is 3.29. The molecule has 1 aromatic heterocycles. The molecule has 180 valence electrons. The van der Waals surface area contributed by atoms with Crippen LogP contribution in [0.1, 0.15) is 57.9 Å². The summed E-state index contributed by atoms with van der Waals surface area (Å²) >= 11 is 1.42. The highest BCUT2D eigenvalue weighted by molar-refractivity contribution is 8.00. The van der Waals surface area contributed by atoms with Crippen LogP contribution in [-0.2, 0) is 4.79 Å². The van der Waals surface area contributed by atoms with Gasteiger partial charge in [-0.1, -0.05) is 49.2 Å². The molecule has 2 unspecified atom stereocenters. The van der Waals surface area contributed by atoms with Crippen LogP contribution in [0.2, 0.25) is 0 Å². The van der Waals surface area contributed by atoms with Gasteiger partial charge in [0.25, 0.3) is 0 Å². The number of benzene rings is 2. The van der Waals surface area contributed by atoms with Crippen molar-refractivity contribution in [3.05, 3.63) is 60.4 Å². The molecular formula is C26H32N4O3S. The van der Waals surface area contributed by atoms with Gasteiger partial charge in [0, 0.05) is 11.7 Å². The smallest absolute Gasteiger partial charge is 0.233 e. The molecule has 2 aromatic carbocycles. The number of hydrogen-bond acceptors (Lipinski definition) is 6. The van der Waals surface area contributed by atoms with Gasteiger partial charge in [-0.05, 0) is 63.1 Å². The highest BCUT2D eigenvalue weighted by atomic mass is 32.2. The summed E-state index contributed by atoms with van der Waals surface area (Å²) in [6.45, 7) is 3.87. The first kappa shape index (κ1) is 24.1. The molecule has 0 bridgehead atoms. The Labute approximate surface area is 205 Å². The van der Waals surface area contributed by atoms with Crippen LogP contribution in [0.15, 0.2) is 59.8 Å². The van der Waals surface area contributed by atoms with E-state index in [0.717, 1.165) is 24.3 Å². The van der Waals surface area contributed by atoms with Gasteiger partial charge >= 0.3 is 0 Å². The van der Waals surface area contributed by atoms with Gasteiger partial charge in [-0.15, -0.1) is 10.2 Å². The number of methoxy groups -OCH3 is 1. The van der Waals surface area contributed by atoms with Crippen molar-refractivity contribution >= 4 is 17.7 Å². The van der Waals surface area contributed by atoms with Crippen molar-refractivity contribution in [2.45, 2.75) is 68.5 Å². The maximum absolute atomic E-state index is 12.9. The fourth-order valence-electron chi connectivity index (χ4n) is 4.13. The number of nitrogens with one attached hydrogen (secondary N) is 1. The van der Waals surface area contributed by atoms with Gasteiger partial charge < -0.3 is 14.8 Å². The van der Waals surface area contributed by atoms with Crippen LogP contribution in [0.25, 0.3) is 5.69 Å². The first-order valence-electron chi connectivity index (χ1n) is 11.8. The predicted octanol–water partition coefficient (Wildman–Crippen LogP) is 5.35. The Balaban J connectivity index is 1.53. The van der Waals surface area contributed by atoms with Gasteiger partial charge in [-0.2, -0.15) is 0 Å². The van der Waals surface area contributed by atoms with Gasteiger partial charge in [0.1, 0.15) is 11.5 Å². The van der Waals surface area contributed by atoms with Crippen LogP contribution in [0.4, 0.5) is 0 Å². The molecule has 1 aliphatic rings. The van der Waals surface area contributed by atoms with Gasteiger partial charge in [-0.3, -0.25) is 9.36 Å². The van der Waals surface area contributed by atoms with Crippen molar-refractivity contribution in [2.75, 3.05) is 7.11 Å². The molecule has 1 fully saturated rings. The first-order valence-corrected chi connectivity index (χ1v) is 12.7. The summed E-state index contributed by atoms with van der Waals surface area (Å²) in [7, 11) is 1.64. The number of nitrogens with zero attached hydrogens (tertiary/aromatic N) is 3. The summed E-state index contributed by atoms with van der Waals surface area (Å²) < 4.78 is 13.4. The molecule has 0 saturated heterocycles. The summed E-state index contributed by atoms with van der Waals surface area (Å²) in [5, 5.41) is 12.5. The third kappa shape index (κ3) is 5.91. The van der Waals surface area contributed by atoms with E-state index in [1.54, 1.807) is 7.11 Å². The lowest BCUT2D eigenvalue weighted by molar-refractivity contribution is -0.121. The largest absolute Gasteiger partial charge is 0.497 e. The van der Waals surface area contributed by atoms with E-state index in [-0.39, 0.29) is 23.3 Å². The Bertz CT molecular complexity index is 1070. The lowest BCUT2D eigenvalue weighted by Crippen LogP contribution is -2.40. The fraction of sp³-hybridized carbons (Fsp3) is 0.423. The molecule has 1 N–H and O–H groups in total. The maximum Gasteiger partial charge on any atom is 0.233 e. The van der Waals surface area contributed by atoms with Crippen molar-refractivity contribution in [1.82, 2.24) is 20.1 Å². The van der Waals surface area contributed by atoms with Crippen molar-refractivity contribution in [3.63, 3.8) is 0 Å². The molecule has 34 heavy (non-hydrogen) atoms. The van der Waals surface area contributed by atoms with E-state index in [2.05, 4.69) is 15.5 Å². The Morgan fingerprint density at radius 3 is 2.35 bits per heavy atom. The molecule has 1 saturated carbocycles. The van der Waals surface area contributed by atoms with E-state index in [0.29, 0.717) is 16.7 Å². The number of carbonyl (C=O) groups excluding carboxylic acids is 1. The molecule has 1 aliphatic carbocycles. The summed E-state index contributed by atoms with van der Waals surface area (Å²) in [6.07, 6.45) is 5.40. The van der Waals surface area contributed by atoms with Crippen LogP contribution < -0.4 is 14.8 Å². The normalized spacial score (nSPS) is 16.0.